The van der Waals surface area contributed by atoms with Crippen molar-refractivity contribution in [3.63, 3.8) is 0 Å². The van der Waals surface area contributed by atoms with E-state index in [4.69, 9.17) is 4.74 Å². The third kappa shape index (κ3) is 3.42. The van der Waals surface area contributed by atoms with Gasteiger partial charge in [0.05, 0.1) is 19.3 Å². The fraction of sp³-hybridized carbons (Fsp3) is 0.462. The van der Waals surface area contributed by atoms with E-state index >= 15 is 0 Å². The van der Waals surface area contributed by atoms with Crippen LogP contribution < -0.4 is 15.4 Å². The Bertz CT molecular complexity index is 467. The summed E-state index contributed by atoms with van der Waals surface area (Å²) in [5.41, 5.74) is 0.658. The molecular weight excluding hydrogens is 251 g/mol. The number of hydrogen-bond acceptors (Lipinski definition) is 4. The molecule has 2 atom stereocenters. The Hall–Kier alpha value is -1.66. The number of amides is 1. The van der Waals surface area contributed by atoms with Crippen LogP contribution in [0.3, 0.4) is 0 Å². The Balaban J connectivity index is 1.88. The zero-order valence-corrected chi connectivity index (χ0v) is 10.6. The third-order valence-corrected chi connectivity index (χ3v) is 3.11. The number of carbonyl (C=O) groups excluding carboxylic acids is 1. The molecule has 1 amide bonds. The Morgan fingerprint density at radius 1 is 1.63 bits per heavy atom. The molecular formula is C13H17FN2O3. The van der Waals surface area contributed by atoms with Gasteiger partial charge in [-0.3, -0.25) is 4.79 Å². The number of benzene rings is 1. The molecule has 1 aliphatic heterocycles. The van der Waals surface area contributed by atoms with E-state index in [9.17, 15) is 14.3 Å². The highest BCUT2D eigenvalue weighted by Crippen LogP contribution is 2.17. The van der Waals surface area contributed by atoms with E-state index in [2.05, 4.69) is 10.6 Å². The molecule has 1 heterocycles. The van der Waals surface area contributed by atoms with Crippen LogP contribution in [0.1, 0.15) is 12.0 Å². The van der Waals surface area contributed by atoms with Crippen molar-refractivity contribution >= 4 is 5.91 Å². The fourth-order valence-electron chi connectivity index (χ4n) is 2.05. The number of nitrogens with one attached hydrogen (secondary N) is 2. The van der Waals surface area contributed by atoms with E-state index < -0.39 is 11.9 Å². The molecule has 6 heteroatoms. The molecule has 0 aromatic heterocycles. The van der Waals surface area contributed by atoms with Gasteiger partial charge in [0, 0.05) is 13.1 Å². The summed E-state index contributed by atoms with van der Waals surface area (Å²) >= 11 is 0. The molecule has 19 heavy (non-hydrogen) atoms. The molecule has 0 aliphatic carbocycles. The predicted octanol–water partition coefficient (Wildman–Crippen LogP) is 0.173. The van der Waals surface area contributed by atoms with Gasteiger partial charge in [-0.25, -0.2) is 4.39 Å². The Morgan fingerprint density at radius 3 is 3.00 bits per heavy atom. The van der Waals surface area contributed by atoms with Crippen LogP contribution in [0, 0.1) is 5.82 Å². The molecule has 0 saturated carbocycles. The Morgan fingerprint density at radius 2 is 2.42 bits per heavy atom. The first-order chi connectivity index (χ1) is 9.10. The number of β-amino-alcohol motifs (C(OH)–C–C–N with tert-alkyl or cyclic N) is 1. The minimum Gasteiger partial charge on any atom is -0.494 e. The van der Waals surface area contributed by atoms with E-state index in [1.165, 1.54) is 19.2 Å². The fourth-order valence-corrected chi connectivity index (χ4v) is 2.05. The smallest absolute Gasteiger partial charge is 0.237 e. The number of hydrogen-bond donors (Lipinski definition) is 3. The second-order valence-corrected chi connectivity index (χ2v) is 4.54. The van der Waals surface area contributed by atoms with Gasteiger partial charge in [0.15, 0.2) is 11.6 Å². The molecule has 1 fully saturated rings. The minimum atomic E-state index is -0.478. The van der Waals surface area contributed by atoms with Crippen molar-refractivity contribution in [3.8, 4) is 5.75 Å². The van der Waals surface area contributed by atoms with Gasteiger partial charge in [-0.2, -0.15) is 0 Å². The summed E-state index contributed by atoms with van der Waals surface area (Å²) in [4.78, 5) is 11.8. The third-order valence-electron chi connectivity index (χ3n) is 3.11. The molecule has 3 N–H and O–H groups in total. The molecule has 1 aliphatic rings. The molecule has 1 aromatic rings. The lowest BCUT2D eigenvalue weighted by atomic mass is 10.1. The monoisotopic (exact) mass is 268 g/mol. The predicted molar refractivity (Wildman–Crippen MR) is 67.2 cm³/mol. The molecule has 1 aromatic carbocycles. The van der Waals surface area contributed by atoms with Crippen LogP contribution in [-0.2, 0) is 11.3 Å². The van der Waals surface area contributed by atoms with Gasteiger partial charge in [-0.15, -0.1) is 0 Å². The molecule has 1 saturated heterocycles. The SMILES string of the molecule is COc1ccc(CNC(=O)[C@@H]2C[C@H](O)CN2)cc1F. The highest BCUT2D eigenvalue weighted by atomic mass is 19.1. The minimum absolute atomic E-state index is 0.177. The molecule has 0 radical (unpaired) electrons. The number of methoxy groups -OCH3 is 1. The number of aliphatic hydroxyl groups excluding tert-OH is 1. The summed E-state index contributed by atoms with van der Waals surface area (Å²) in [6.07, 6.45) is -0.0720. The highest BCUT2D eigenvalue weighted by Gasteiger charge is 2.27. The van der Waals surface area contributed by atoms with Crippen LogP contribution >= 0.6 is 0 Å². The van der Waals surface area contributed by atoms with Gasteiger partial charge < -0.3 is 20.5 Å². The van der Waals surface area contributed by atoms with Gasteiger partial charge in [0.25, 0.3) is 0 Å². The first-order valence-electron chi connectivity index (χ1n) is 6.11. The summed E-state index contributed by atoms with van der Waals surface area (Å²) in [5.74, 6) is -0.466. The number of aliphatic hydroxyl groups is 1. The maximum absolute atomic E-state index is 13.4. The summed E-state index contributed by atoms with van der Waals surface area (Å²) in [5, 5.41) is 14.9. The second kappa shape index (κ2) is 5.99. The van der Waals surface area contributed by atoms with Crippen molar-refractivity contribution in [3.05, 3.63) is 29.6 Å². The van der Waals surface area contributed by atoms with Crippen LogP contribution in [-0.4, -0.2) is 36.8 Å². The standard InChI is InChI=1S/C13H17FN2O3/c1-19-12-3-2-8(4-10(12)14)6-16-13(18)11-5-9(17)7-15-11/h2-4,9,11,15,17H,5-7H2,1H3,(H,16,18)/t9-,11-/m0/s1. The lowest BCUT2D eigenvalue weighted by molar-refractivity contribution is -0.123. The van der Waals surface area contributed by atoms with E-state index in [0.717, 1.165) is 0 Å². The van der Waals surface area contributed by atoms with Gasteiger partial charge in [-0.05, 0) is 24.1 Å². The van der Waals surface area contributed by atoms with Crippen LogP contribution in [0.2, 0.25) is 0 Å². The lowest BCUT2D eigenvalue weighted by Crippen LogP contribution is -2.40. The topological polar surface area (TPSA) is 70.6 Å². The highest BCUT2D eigenvalue weighted by molar-refractivity contribution is 5.82. The molecule has 0 spiro atoms. The largest absolute Gasteiger partial charge is 0.494 e. The zero-order valence-electron chi connectivity index (χ0n) is 10.6. The average Bonchev–Trinajstić information content (AvgIpc) is 2.83. The maximum Gasteiger partial charge on any atom is 0.237 e. The number of ether oxygens (including phenoxy) is 1. The van der Waals surface area contributed by atoms with Crippen LogP contribution in [0.25, 0.3) is 0 Å². The summed E-state index contributed by atoms with van der Waals surface area (Å²) in [7, 11) is 1.40. The zero-order chi connectivity index (χ0) is 13.8. The molecule has 0 unspecified atom stereocenters. The van der Waals surface area contributed by atoms with Crippen LogP contribution in [0.5, 0.6) is 5.75 Å². The molecule has 2 rings (SSSR count). The van der Waals surface area contributed by atoms with E-state index in [1.807, 2.05) is 0 Å². The summed E-state index contributed by atoms with van der Waals surface area (Å²) < 4.78 is 18.3. The normalized spacial score (nSPS) is 22.3. The van der Waals surface area contributed by atoms with Gasteiger partial charge >= 0.3 is 0 Å². The van der Waals surface area contributed by atoms with Crippen molar-refractivity contribution in [1.29, 1.82) is 0 Å². The maximum atomic E-state index is 13.4. The Kier molecular flexibility index (Phi) is 4.34. The van der Waals surface area contributed by atoms with E-state index in [1.54, 1.807) is 6.07 Å². The first kappa shape index (κ1) is 13.8. The van der Waals surface area contributed by atoms with Crippen molar-refractivity contribution in [2.75, 3.05) is 13.7 Å². The number of halogens is 1. The van der Waals surface area contributed by atoms with E-state index in [-0.39, 0.29) is 24.2 Å². The quantitative estimate of drug-likeness (QED) is 0.728. The van der Waals surface area contributed by atoms with Crippen molar-refractivity contribution in [2.45, 2.75) is 25.1 Å². The number of rotatable bonds is 4. The van der Waals surface area contributed by atoms with Crippen LogP contribution in [0.15, 0.2) is 18.2 Å². The lowest BCUT2D eigenvalue weighted by Gasteiger charge is -2.11. The second-order valence-electron chi connectivity index (χ2n) is 4.54. The van der Waals surface area contributed by atoms with Gasteiger partial charge in [0.1, 0.15) is 0 Å². The number of carbonyl (C=O) groups is 1. The Labute approximate surface area is 110 Å². The first-order valence-corrected chi connectivity index (χ1v) is 6.11. The van der Waals surface area contributed by atoms with Gasteiger partial charge in [0.2, 0.25) is 5.91 Å². The molecule has 104 valence electrons. The summed E-state index contributed by atoms with van der Waals surface area (Å²) in [6, 6.07) is 4.17. The molecule has 0 bridgehead atoms. The van der Waals surface area contributed by atoms with Crippen LogP contribution in [0.4, 0.5) is 4.39 Å². The summed E-state index contributed by atoms with van der Waals surface area (Å²) in [6.45, 7) is 0.670. The van der Waals surface area contributed by atoms with Crippen molar-refractivity contribution in [1.82, 2.24) is 10.6 Å². The van der Waals surface area contributed by atoms with Crippen molar-refractivity contribution < 1.29 is 19.0 Å². The van der Waals surface area contributed by atoms with Gasteiger partial charge in [-0.1, -0.05) is 6.07 Å². The van der Waals surface area contributed by atoms with Crippen molar-refractivity contribution in [2.24, 2.45) is 0 Å². The van der Waals surface area contributed by atoms with E-state index in [0.29, 0.717) is 18.5 Å². The average molecular weight is 268 g/mol. The molecule has 5 nitrogen and oxygen atoms in total.